The van der Waals surface area contributed by atoms with Crippen molar-refractivity contribution in [3.8, 4) is 0 Å². The molecule has 0 aromatic rings. The summed E-state index contributed by atoms with van der Waals surface area (Å²) < 4.78 is 68.1. The molecule has 0 amide bonds. The van der Waals surface area contributed by atoms with E-state index < -0.39 is 97.5 Å². The molecular formula is C67H130O17P2. The molecule has 19 heteroatoms. The van der Waals surface area contributed by atoms with E-state index in [-0.39, 0.29) is 25.7 Å². The van der Waals surface area contributed by atoms with Gasteiger partial charge in [-0.05, 0) is 37.5 Å². The SMILES string of the molecule is CCCCCCCCCCCCCCCCC(=O)O[C@H](COC(=O)CCCCCCCCCCCCC(C)C)COP(=O)(O)OC[C@@H](O)COP(=O)(O)OC[C@@H](COC(=O)CCCCCCCCC(C)C)OC(=O)CCCCCCCCCCCC. The molecule has 0 aliphatic carbocycles. The van der Waals surface area contributed by atoms with E-state index >= 15 is 0 Å². The zero-order chi connectivity index (χ0) is 63.6. The van der Waals surface area contributed by atoms with Crippen LogP contribution in [0.5, 0.6) is 0 Å². The van der Waals surface area contributed by atoms with Gasteiger partial charge >= 0.3 is 39.5 Å². The van der Waals surface area contributed by atoms with Crippen LogP contribution in [0.15, 0.2) is 0 Å². The molecule has 0 saturated heterocycles. The number of rotatable bonds is 66. The van der Waals surface area contributed by atoms with Gasteiger partial charge in [-0.1, -0.05) is 286 Å². The summed E-state index contributed by atoms with van der Waals surface area (Å²) in [6.45, 7) is 9.43. The van der Waals surface area contributed by atoms with E-state index in [2.05, 4.69) is 41.5 Å². The first-order valence-corrected chi connectivity index (χ1v) is 38.0. The van der Waals surface area contributed by atoms with Crippen molar-refractivity contribution >= 4 is 39.5 Å². The summed E-state index contributed by atoms with van der Waals surface area (Å²) in [6, 6.07) is 0. The highest BCUT2D eigenvalue weighted by Gasteiger charge is 2.30. The maximum atomic E-state index is 13.0. The topological polar surface area (TPSA) is 237 Å². The Bertz CT molecular complexity index is 1680. The average molecular weight is 1270 g/mol. The van der Waals surface area contributed by atoms with Crippen molar-refractivity contribution in [3.05, 3.63) is 0 Å². The van der Waals surface area contributed by atoms with Crippen molar-refractivity contribution in [2.45, 2.75) is 355 Å². The number of hydrogen-bond acceptors (Lipinski definition) is 15. The smallest absolute Gasteiger partial charge is 0.462 e. The van der Waals surface area contributed by atoms with E-state index in [1.807, 2.05) is 0 Å². The molecule has 0 aliphatic rings. The van der Waals surface area contributed by atoms with Gasteiger partial charge in [-0.3, -0.25) is 37.3 Å². The maximum Gasteiger partial charge on any atom is 0.472 e. The summed E-state index contributed by atoms with van der Waals surface area (Å²) in [6.07, 6.45) is 43.1. The van der Waals surface area contributed by atoms with Crippen molar-refractivity contribution in [1.82, 2.24) is 0 Å². The quantitative estimate of drug-likeness (QED) is 0.0222. The first-order valence-electron chi connectivity index (χ1n) is 35.0. The van der Waals surface area contributed by atoms with E-state index in [0.29, 0.717) is 31.6 Å². The molecule has 0 saturated carbocycles. The molecular weight excluding hydrogens is 1140 g/mol. The highest BCUT2D eigenvalue weighted by molar-refractivity contribution is 7.47. The predicted molar refractivity (Wildman–Crippen MR) is 345 cm³/mol. The fourth-order valence-electron chi connectivity index (χ4n) is 10.1. The Labute approximate surface area is 524 Å². The number of unbranched alkanes of at least 4 members (excludes halogenated alkanes) is 36. The Morgan fingerprint density at radius 1 is 0.314 bits per heavy atom. The molecule has 0 aliphatic heterocycles. The van der Waals surface area contributed by atoms with Gasteiger partial charge in [0.15, 0.2) is 12.2 Å². The zero-order valence-corrected chi connectivity index (χ0v) is 57.4. The van der Waals surface area contributed by atoms with E-state index in [1.165, 1.54) is 148 Å². The van der Waals surface area contributed by atoms with Crippen molar-refractivity contribution in [2.75, 3.05) is 39.6 Å². The predicted octanol–water partition coefficient (Wildman–Crippen LogP) is 18.8. The fraction of sp³-hybridized carbons (Fsp3) is 0.940. The third-order valence-electron chi connectivity index (χ3n) is 15.5. The van der Waals surface area contributed by atoms with Crippen LogP contribution in [0.2, 0.25) is 0 Å². The van der Waals surface area contributed by atoms with Crippen LogP contribution in [0.3, 0.4) is 0 Å². The molecule has 17 nitrogen and oxygen atoms in total. The molecule has 510 valence electrons. The summed E-state index contributed by atoms with van der Waals surface area (Å²) in [5.41, 5.74) is 0. The van der Waals surface area contributed by atoms with Crippen LogP contribution in [0.1, 0.15) is 337 Å². The Balaban J connectivity index is 5.24. The molecule has 2 unspecified atom stereocenters. The van der Waals surface area contributed by atoms with Gasteiger partial charge in [0.1, 0.15) is 19.3 Å². The summed E-state index contributed by atoms with van der Waals surface area (Å²) >= 11 is 0. The Hall–Kier alpha value is -1.94. The standard InChI is InChI=1S/C67H130O17P2/c1-7-9-11-13-15-17-19-20-21-22-28-32-40-46-52-67(72)83-62(55-77-64(69)49-43-37-30-27-24-23-25-29-35-41-47-59(3)4)57-81-85(73,74)79-53-61(68)54-80-86(75,76)82-58-63(56-78-65(70)50-44-38-34-33-36-42-48-60(5)6)84-66(71)51-45-39-31-26-18-16-14-12-10-8-2/h59-63,68H,7-58H2,1-6H3,(H,73,74)(H,75,76)/t61-,62-,63-/m1/s1. The molecule has 0 heterocycles. The minimum absolute atomic E-state index is 0.105. The number of ether oxygens (including phenoxy) is 4. The lowest BCUT2D eigenvalue weighted by molar-refractivity contribution is -0.161. The van der Waals surface area contributed by atoms with Gasteiger partial charge in [0.25, 0.3) is 0 Å². The summed E-state index contributed by atoms with van der Waals surface area (Å²) in [7, 11) is -9.89. The number of aliphatic hydroxyl groups is 1. The van der Waals surface area contributed by atoms with E-state index in [4.69, 9.17) is 37.0 Å². The van der Waals surface area contributed by atoms with E-state index in [9.17, 15) is 43.2 Å². The molecule has 0 spiro atoms. The van der Waals surface area contributed by atoms with Crippen molar-refractivity contribution in [1.29, 1.82) is 0 Å². The number of carbonyl (C=O) groups excluding carboxylic acids is 4. The number of phosphoric ester groups is 2. The van der Waals surface area contributed by atoms with Gasteiger partial charge in [0, 0.05) is 25.7 Å². The maximum absolute atomic E-state index is 13.0. The summed E-state index contributed by atoms with van der Waals surface area (Å²) in [5.74, 6) is -0.691. The third kappa shape index (κ3) is 60.9. The second-order valence-corrected chi connectivity index (χ2v) is 28.1. The minimum atomic E-state index is -4.95. The largest absolute Gasteiger partial charge is 0.472 e. The van der Waals surface area contributed by atoms with Gasteiger partial charge in [-0.2, -0.15) is 0 Å². The molecule has 0 aromatic carbocycles. The number of hydrogen-bond donors (Lipinski definition) is 3. The van der Waals surface area contributed by atoms with Crippen molar-refractivity contribution in [2.24, 2.45) is 11.8 Å². The lowest BCUT2D eigenvalue weighted by Crippen LogP contribution is -2.30. The normalized spacial score (nSPS) is 14.2. The third-order valence-corrected chi connectivity index (χ3v) is 17.4. The highest BCUT2D eigenvalue weighted by atomic mass is 31.2. The van der Waals surface area contributed by atoms with Gasteiger partial charge in [0.2, 0.25) is 0 Å². The van der Waals surface area contributed by atoms with Crippen LogP contribution >= 0.6 is 15.6 Å². The number of esters is 4. The second-order valence-electron chi connectivity index (χ2n) is 25.2. The van der Waals surface area contributed by atoms with Crippen LogP contribution in [-0.4, -0.2) is 96.7 Å². The first kappa shape index (κ1) is 84.1. The van der Waals surface area contributed by atoms with Gasteiger partial charge in [0.05, 0.1) is 26.4 Å². The second kappa shape index (κ2) is 59.4. The molecule has 0 bridgehead atoms. The number of phosphoric acid groups is 2. The zero-order valence-electron chi connectivity index (χ0n) is 55.6. The highest BCUT2D eigenvalue weighted by Crippen LogP contribution is 2.45. The van der Waals surface area contributed by atoms with Gasteiger partial charge < -0.3 is 33.8 Å². The molecule has 0 rings (SSSR count). The van der Waals surface area contributed by atoms with Crippen LogP contribution in [-0.2, 0) is 65.4 Å². The van der Waals surface area contributed by atoms with Crippen LogP contribution < -0.4 is 0 Å². The van der Waals surface area contributed by atoms with E-state index in [0.717, 1.165) is 102 Å². The molecule has 5 atom stereocenters. The Morgan fingerprint density at radius 2 is 0.535 bits per heavy atom. The number of carbonyl (C=O) groups is 4. The van der Waals surface area contributed by atoms with Gasteiger partial charge in [-0.15, -0.1) is 0 Å². The minimum Gasteiger partial charge on any atom is -0.462 e. The molecule has 0 fully saturated rings. The average Bonchev–Trinajstić information content (AvgIpc) is 3.66. The fourth-order valence-corrected chi connectivity index (χ4v) is 11.6. The summed E-state index contributed by atoms with van der Waals surface area (Å²) in [4.78, 5) is 72.3. The van der Waals surface area contributed by atoms with E-state index in [1.54, 1.807) is 0 Å². The molecule has 3 N–H and O–H groups in total. The Morgan fingerprint density at radius 3 is 0.791 bits per heavy atom. The lowest BCUT2D eigenvalue weighted by Gasteiger charge is -2.21. The van der Waals surface area contributed by atoms with Gasteiger partial charge in [-0.25, -0.2) is 9.13 Å². The summed E-state index contributed by atoms with van der Waals surface area (Å²) in [5, 5.41) is 10.6. The lowest BCUT2D eigenvalue weighted by atomic mass is 10.0. The first-order chi connectivity index (χ1) is 41.4. The molecule has 0 aromatic heterocycles. The Kier molecular flexibility index (Phi) is 58.0. The van der Waals surface area contributed by atoms with Crippen LogP contribution in [0.25, 0.3) is 0 Å². The van der Waals surface area contributed by atoms with Crippen molar-refractivity contribution < 1.29 is 80.2 Å². The molecule has 0 radical (unpaired) electrons. The van der Waals surface area contributed by atoms with Crippen LogP contribution in [0, 0.1) is 11.8 Å². The number of aliphatic hydroxyl groups excluding tert-OH is 1. The van der Waals surface area contributed by atoms with Crippen LogP contribution in [0.4, 0.5) is 0 Å². The monoisotopic (exact) mass is 1270 g/mol. The molecule has 86 heavy (non-hydrogen) atoms. The van der Waals surface area contributed by atoms with Crippen molar-refractivity contribution in [3.63, 3.8) is 0 Å².